The summed E-state index contributed by atoms with van der Waals surface area (Å²) in [6.45, 7) is 5.73. The molecule has 0 aliphatic heterocycles. The minimum absolute atomic E-state index is 0.475. The Bertz CT molecular complexity index is 540. The van der Waals surface area contributed by atoms with E-state index in [-0.39, 0.29) is 0 Å². The molecule has 0 radical (unpaired) electrons. The maximum Gasteiger partial charge on any atom is 0.0568 e. The van der Waals surface area contributed by atoms with Gasteiger partial charge in [0.2, 0.25) is 0 Å². The van der Waals surface area contributed by atoms with Crippen LogP contribution in [0.5, 0.6) is 0 Å². The second-order valence-electron chi connectivity index (χ2n) is 3.83. The van der Waals surface area contributed by atoms with Gasteiger partial charge >= 0.3 is 0 Å². The molecule has 3 N–H and O–H groups in total. The third-order valence-electron chi connectivity index (χ3n) is 2.50. The smallest absolute Gasteiger partial charge is 0.0568 e. The Hall–Kier alpha value is -2.10. The van der Waals surface area contributed by atoms with Crippen LogP contribution < -0.4 is 5.73 Å². The SMILES string of the molecule is CC.CC(=N)c1cc(-c2cnn(C)c2)ccc1N. The predicted octanol–water partition coefficient (Wildman–Crippen LogP) is 3.08. The topological polar surface area (TPSA) is 67.7 Å². The van der Waals surface area contributed by atoms with Crippen molar-refractivity contribution in [2.24, 2.45) is 7.05 Å². The summed E-state index contributed by atoms with van der Waals surface area (Å²) in [5.74, 6) is 0. The highest BCUT2D eigenvalue weighted by Gasteiger charge is 2.06. The average molecular weight is 244 g/mol. The number of nitrogens with two attached hydrogens (primary N) is 1. The Morgan fingerprint density at radius 2 is 1.94 bits per heavy atom. The van der Waals surface area contributed by atoms with Crippen molar-refractivity contribution in [3.05, 3.63) is 36.2 Å². The zero-order chi connectivity index (χ0) is 13.7. The molecule has 18 heavy (non-hydrogen) atoms. The summed E-state index contributed by atoms with van der Waals surface area (Å²) in [7, 11) is 1.88. The van der Waals surface area contributed by atoms with Gasteiger partial charge in [-0.3, -0.25) is 4.68 Å². The number of hydrogen-bond donors (Lipinski definition) is 2. The molecule has 1 heterocycles. The molecule has 1 aromatic carbocycles. The largest absolute Gasteiger partial charge is 0.398 e. The summed E-state index contributed by atoms with van der Waals surface area (Å²) in [5.41, 5.74) is 9.77. The molecule has 0 amide bonds. The maximum absolute atomic E-state index is 7.64. The van der Waals surface area contributed by atoms with Crippen LogP contribution in [-0.4, -0.2) is 15.5 Å². The molecular formula is C14H20N4. The zero-order valence-corrected chi connectivity index (χ0v) is 11.4. The van der Waals surface area contributed by atoms with Crippen molar-refractivity contribution in [3.8, 4) is 11.1 Å². The lowest BCUT2D eigenvalue weighted by molar-refractivity contribution is 0.768. The second kappa shape index (κ2) is 6.00. The van der Waals surface area contributed by atoms with E-state index in [1.54, 1.807) is 17.8 Å². The summed E-state index contributed by atoms with van der Waals surface area (Å²) < 4.78 is 1.75. The lowest BCUT2D eigenvalue weighted by Crippen LogP contribution is -1.99. The van der Waals surface area contributed by atoms with E-state index < -0.39 is 0 Å². The Morgan fingerprint density at radius 1 is 1.28 bits per heavy atom. The van der Waals surface area contributed by atoms with Crippen LogP contribution in [-0.2, 0) is 7.05 Å². The highest BCUT2D eigenvalue weighted by Crippen LogP contribution is 2.23. The molecule has 0 aliphatic rings. The van der Waals surface area contributed by atoms with E-state index in [9.17, 15) is 0 Å². The molecule has 0 spiro atoms. The molecule has 0 unspecified atom stereocenters. The number of aromatic nitrogens is 2. The number of nitrogens with one attached hydrogen (secondary N) is 1. The third-order valence-corrected chi connectivity index (χ3v) is 2.50. The van der Waals surface area contributed by atoms with Crippen molar-refractivity contribution in [3.63, 3.8) is 0 Å². The first-order valence-corrected chi connectivity index (χ1v) is 6.02. The fourth-order valence-electron chi connectivity index (χ4n) is 1.63. The molecule has 0 saturated heterocycles. The maximum atomic E-state index is 7.64. The van der Waals surface area contributed by atoms with Gasteiger partial charge in [0.05, 0.1) is 6.20 Å². The first kappa shape index (κ1) is 14.0. The molecular weight excluding hydrogens is 224 g/mol. The molecule has 1 aromatic heterocycles. The van der Waals surface area contributed by atoms with Crippen LogP contribution in [0, 0.1) is 5.41 Å². The lowest BCUT2D eigenvalue weighted by Gasteiger charge is -2.05. The minimum Gasteiger partial charge on any atom is -0.398 e. The molecule has 0 atom stereocenters. The monoisotopic (exact) mass is 244 g/mol. The molecule has 0 aliphatic carbocycles. The van der Waals surface area contributed by atoms with Crippen LogP contribution in [0.25, 0.3) is 11.1 Å². The molecule has 96 valence electrons. The van der Waals surface area contributed by atoms with Crippen molar-refractivity contribution in [2.45, 2.75) is 20.8 Å². The number of benzene rings is 1. The first-order valence-electron chi connectivity index (χ1n) is 6.02. The summed E-state index contributed by atoms with van der Waals surface area (Å²) in [5, 5.41) is 11.8. The van der Waals surface area contributed by atoms with E-state index in [1.165, 1.54) is 0 Å². The van der Waals surface area contributed by atoms with Crippen molar-refractivity contribution < 1.29 is 0 Å². The van der Waals surface area contributed by atoms with Gasteiger partial charge in [0.1, 0.15) is 0 Å². The van der Waals surface area contributed by atoms with Gasteiger partial charge < -0.3 is 11.1 Å². The predicted molar refractivity (Wildman–Crippen MR) is 76.9 cm³/mol. The van der Waals surface area contributed by atoms with Gasteiger partial charge in [-0.15, -0.1) is 0 Å². The van der Waals surface area contributed by atoms with Crippen LogP contribution >= 0.6 is 0 Å². The van der Waals surface area contributed by atoms with E-state index in [1.807, 2.05) is 45.3 Å². The van der Waals surface area contributed by atoms with Gasteiger partial charge in [-0.25, -0.2) is 0 Å². The van der Waals surface area contributed by atoms with Gasteiger partial charge in [-0.2, -0.15) is 5.10 Å². The number of nitrogen functional groups attached to an aromatic ring is 1. The summed E-state index contributed by atoms with van der Waals surface area (Å²) in [4.78, 5) is 0. The standard InChI is InChI=1S/C12H14N4.C2H6/c1-8(13)11-5-9(3-4-12(11)14)10-6-15-16(2)7-10;1-2/h3-7,13H,14H2,1-2H3;1-2H3. The minimum atomic E-state index is 0.475. The van der Waals surface area contributed by atoms with Crippen LogP contribution in [0.1, 0.15) is 26.3 Å². The van der Waals surface area contributed by atoms with Crippen molar-refractivity contribution >= 4 is 11.4 Å². The third kappa shape index (κ3) is 2.97. The number of aryl methyl sites for hydroxylation is 1. The van der Waals surface area contributed by atoms with Gasteiger partial charge in [0, 0.05) is 35.8 Å². The summed E-state index contributed by atoms with van der Waals surface area (Å²) >= 11 is 0. The molecule has 0 saturated carbocycles. The first-order chi connectivity index (χ1) is 8.58. The Morgan fingerprint density at radius 3 is 2.44 bits per heavy atom. The van der Waals surface area contributed by atoms with Gasteiger partial charge in [0.15, 0.2) is 0 Å². The van der Waals surface area contributed by atoms with Crippen LogP contribution in [0.3, 0.4) is 0 Å². The number of nitrogens with zero attached hydrogens (tertiary/aromatic N) is 2. The van der Waals surface area contributed by atoms with Gasteiger partial charge in [-0.1, -0.05) is 19.9 Å². The van der Waals surface area contributed by atoms with E-state index in [0.717, 1.165) is 16.7 Å². The Balaban J connectivity index is 0.000000771. The quantitative estimate of drug-likeness (QED) is 0.629. The van der Waals surface area contributed by atoms with Crippen LogP contribution in [0.2, 0.25) is 0 Å². The van der Waals surface area contributed by atoms with E-state index in [4.69, 9.17) is 11.1 Å². The normalized spacial score (nSPS) is 9.56. The molecule has 2 aromatic rings. The number of rotatable bonds is 2. The Labute approximate surface area is 108 Å². The van der Waals surface area contributed by atoms with E-state index in [2.05, 4.69) is 5.10 Å². The zero-order valence-electron chi connectivity index (χ0n) is 11.4. The van der Waals surface area contributed by atoms with Gasteiger partial charge in [-0.05, 0) is 24.6 Å². The fraction of sp³-hybridized carbons (Fsp3) is 0.286. The Kier molecular flexibility index (Phi) is 4.66. The van der Waals surface area contributed by atoms with Crippen molar-refractivity contribution in [1.82, 2.24) is 9.78 Å². The van der Waals surface area contributed by atoms with E-state index >= 15 is 0 Å². The van der Waals surface area contributed by atoms with E-state index in [0.29, 0.717) is 11.4 Å². The van der Waals surface area contributed by atoms with Crippen molar-refractivity contribution in [2.75, 3.05) is 5.73 Å². The highest BCUT2D eigenvalue weighted by molar-refractivity contribution is 6.02. The number of anilines is 1. The highest BCUT2D eigenvalue weighted by atomic mass is 15.2. The summed E-state index contributed by atoms with van der Waals surface area (Å²) in [6, 6.07) is 5.70. The summed E-state index contributed by atoms with van der Waals surface area (Å²) in [6.07, 6.45) is 3.74. The molecule has 2 rings (SSSR count). The molecule has 0 fully saturated rings. The van der Waals surface area contributed by atoms with Gasteiger partial charge in [0.25, 0.3) is 0 Å². The second-order valence-corrected chi connectivity index (χ2v) is 3.83. The molecule has 4 nitrogen and oxygen atoms in total. The molecule has 0 bridgehead atoms. The number of hydrogen-bond acceptors (Lipinski definition) is 3. The van der Waals surface area contributed by atoms with Crippen LogP contribution in [0.15, 0.2) is 30.6 Å². The van der Waals surface area contributed by atoms with Crippen molar-refractivity contribution in [1.29, 1.82) is 5.41 Å². The lowest BCUT2D eigenvalue weighted by atomic mass is 10.0. The van der Waals surface area contributed by atoms with Crippen LogP contribution in [0.4, 0.5) is 5.69 Å². The molecule has 4 heteroatoms. The average Bonchev–Trinajstić information content (AvgIpc) is 2.79. The fourth-order valence-corrected chi connectivity index (χ4v) is 1.63.